The van der Waals surface area contributed by atoms with Crippen LogP contribution in [0.15, 0.2) is 47.1 Å². The maximum Gasteiger partial charge on any atom is 0.105 e. The minimum absolute atomic E-state index is 0.538. The minimum Gasteiger partial charge on any atom is -0.469 e. The molecule has 1 heterocycles. The van der Waals surface area contributed by atoms with E-state index >= 15 is 0 Å². The van der Waals surface area contributed by atoms with Crippen molar-refractivity contribution >= 4 is 0 Å². The first-order chi connectivity index (χ1) is 8.14. The van der Waals surface area contributed by atoms with E-state index in [-0.39, 0.29) is 0 Å². The summed E-state index contributed by atoms with van der Waals surface area (Å²) in [5, 5.41) is 9.44. The average molecular weight is 225 g/mol. The van der Waals surface area contributed by atoms with Crippen molar-refractivity contribution in [3.63, 3.8) is 0 Å². The van der Waals surface area contributed by atoms with E-state index < -0.39 is 5.41 Å². The Hall–Kier alpha value is -2.01. The number of hydrogen-bond acceptors (Lipinski definition) is 2. The number of aryl methyl sites for hydroxylation is 1. The second-order valence-electron chi connectivity index (χ2n) is 4.57. The van der Waals surface area contributed by atoms with Crippen LogP contribution in [-0.2, 0) is 11.8 Å². The van der Waals surface area contributed by atoms with E-state index in [1.807, 2.05) is 44.2 Å². The molecule has 2 aromatic rings. The summed E-state index contributed by atoms with van der Waals surface area (Å²) in [6, 6.07) is 14.2. The molecule has 0 aliphatic rings. The van der Waals surface area contributed by atoms with Crippen LogP contribution in [-0.4, -0.2) is 0 Å². The first kappa shape index (κ1) is 11.5. The van der Waals surface area contributed by atoms with Gasteiger partial charge < -0.3 is 4.42 Å². The van der Waals surface area contributed by atoms with Crippen molar-refractivity contribution in [1.82, 2.24) is 0 Å². The van der Waals surface area contributed by atoms with Gasteiger partial charge in [0.15, 0.2) is 0 Å². The van der Waals surface area contributed by atoms with Crippen molar-refractivity contribution in [2.45, 2.75) is 25.7 Å². The highest BCUT2D eigenvalue weighted by Crippen LogP contribution is 2.28. The molecule has 2 nitrogen and oxygen atoms in total. The van der Waals surface area contributed by atoms with Gasteiger partial charge in [0.05, 0.1) is 17.7 Å². The molecule has 0 bridgehead atoms. The Morgan fingerprint density at radius 3 is 2.71 bits per heavy atom. The van der Waals surface area contributed by atoms with Gasteiger partial charge in [0.1, 0.15) is 5.76 Å². The number of hydrogen-bond donors (Lipinski definition) is 0. The monoisotopic (exact) mass is 225 g/mol. The highest BCUT2D eigenvalue weighted by atomic mass is 16.3. The molecule has 0 aliphatic carbocycles. The molecular weight excluding hydrogens is 210 g/mol. The van der Waals surface area contributed by atoms with Gasteiger partial charge in [0.25, 0.3) is 0 Å². The Labute approximate surface area is 102 Å². The lowest BCUT2D eigenvalue weighted by atomic mass is 9.80. The SMILES string of the molecule is Cc1cccc(C(C)(C#N)Cc2ccco2)c1. The molecule has 0 spiro atoms. The molecule has 1 atom stereocenters. The maximum absolute atomic E-state index is 9.44. The summed E-state index contributed by atoms with van der Waals surface area (Å²) in [5.41, 5.74) is 1.67. The molecule has 0 fully saturated rings. The summed E-state index contributed by atoms with van der Waals surface area (Å²) in [6.07, 6.45) is 2.24. The average Bonchev–Trinajstić information content (AvgIpc) is 2.81. The molecule has 2 heteroatoms. The molecule has 0 saturated heterocycles. The van der Waals surface area contributed by atoms with Gasteiger partial charge in [0, 0.05) is 6.42 Å². The molecule has 86 valence electrons. The van der Waals surface area contributed by atoms with Gasteiger partial charge in [-0.2, -0.15) is 5.26 Å². The zero-order chi connectivity index (χ0) is 12.3. The Kier molecular flexibility index (Phi) is 3.01. The number of benzene rings is 1. The summed E-state index contributed by atoms with van der Waals surface area (Å²) < 4.78 is 5.33. The summed E-state index contributed by atoms with van der Waals surface area (Å²) >= 11 is 0. The van der Waals surface area contributed by atoms with Gasteiger partial charge >= 0.3 is 0 Å². The van der Waals surface area contributed by atoms with Crippen molar-refractivity contribution in [3.8, 4) is 6.07 Å². The van der Waals surface area contributed by atoms with Crippen LogP contribution in [0.25, 0.3) is 0 Å². The highest BCUT2D eigenvalue weighted by molar-refractivity contribution is 5.35. The molecule has 0 radical (unpaired) electrons. The second-order valence-corrected chi connectivity index (χ2v) is 4.57. The summed E-state index contributed by atoms with van der Waals surface area (Å²) in [6.45, 7) is 3.98. The lowest BCUT2D eigenvalue weighted by molar-refractivity contribution is 0.462. The van der Waals surface area contributed by atoms with Crippen LogP contribution in [0, 0.1) is 18.3 Å². The molecular formula is C15H15NO. The van der Waals surface area contributed by atoms with E-state index in [9.17, 15) is 5.26 Å². The molecule has 17 heavy (non-hydrogen) atoms. The fourth-order valence-electron chi connectivity index (χ4n) is 1.96. The summed E-state index contributed by atoms with van der Waals surface area (Å²) in [5.74, 6) is 0.843. The lowest BCUT2D eigenvalue weighted by Crippen LogP contribution is -2.22. The number of nitriles is 1. The van der Waals surface area contributed by atoms with E-state index in [0.29, 0.717) is 6.42 Å². The molecule has 0 saturated carbocycles. The van der Waals surface area contributed by atoms with E-state index in [1.54, 1.807) is 6.26 Å². The molecule has 0 N–H and O–H groups in total. The third kappa shape index (κ3) is 2.39. The summed E-state index contributed by atoms with van der Waals surface area (Å²) in [7, 11) is 0. The molecule has 0 aliphatic heterocycles. The van der Waals surface area contributed by atoms with Crippen molar-refractivity contribution in [2.75, 3.05) is 0 Å². The van der Waals surface area contributed by atoms with Gasteiger partial charge in [-0.25, -0.2) is 0 Å². The lowest BCUT2D eigenvalue weighted by Gasteiger charge is -2.21. The molecule has 1 aromatic carbocycles. The topological polar surface area (TPSA) is 36.9 Å². The minimum atomic E-state index is -0.538. The van der Waals surface area contributed by atoms with Crippen LogP contribution in [0.5, 0.6) is 0 Å². The Morgan fingerprint density at radius 1 is 1.29 bits per heavy atom. The zero-order valence-electron chi connectivity index (χ0n) is 10.1. The first-order valence-electron chi connectivity index (χ1n) is 5.65. The fourth-order valence-corrected chi connectivity index (χ4v) is 1.96. The zero-order valence-corrected chi connectivity index (χ0v) is 10.1. The molecule has 2 rings (SSSR count). The van der Waals surface area contributed by atoms with Crippen LogP contribution < -0.4 is 0 Å². The normalized spacial score (nSPS) is 13.9. The third-order valence-electron chi connectivity index (χ3n) is 3.01. The quantitative estimate of drug-likeness (QED) is 0.800. The van der Waals surface area contributed by atoms with Crippen molar-refractivity contribution in [1.29, 1.82) is 5.26 Å². The van der Waals surface area contributed by atoms with Crippen LogP contribution >= 0.6 is 0 Å². The fraction of sp³-hybridized carbons (Fsp3) is 0.267. The molecule has 0 amide bonds. The molecule has 1 unspecified atom stereocenters. The third-order valence-corrected chi connectivity index (χ3v) is 3.01. The van der Waals surface area contributed by atoms with Gasteiger partial charge in [-0.1, -0.05) is 29.8 Å². The number of rotatable bonds is 3. The Balaban J connectivity index is 2.35. The van der Waals surface area contributed by atoms with Gasteiger partial charge in [-0.3, -0.25) is 0 Å². The summed E-state index contributed by atoms with van der Waals surface area (Å²) in [4.78, 5) is 0. The largest absolute Gasteiger partial charge is 0.469 e. The van der Waals surface area contributed by atoms with Crippen molar-refractivity contribution in [2.24, 2.45) is 0 Å². The standard InChI is InChI=1S/C15H15NO/c1-12-5-3-6-13(9-12)15(2,11-16)10-14-7-4-8-17-14/h3-9H,10H2,1-2H3. The van der Waals surface area contributed by atoms with Crippen LogP contribution in [0.4, 0.5) is 0 Å². The van der Waals surface area contributed by atoms with E-state index in [0.717, 1.165) is 11.3 Å². The predicted octanol–water partition coefficient (Wildman–Crippen LogP) is 3.61. The van der Waals surface area contributed by atoms with Crippen LogP contribution in [0.2, 0.25) is 0 Å². The number of furan rings is 1. The van der Waals surface area contributed by atoms with Gasteiger partial charge in [-0.05, 0) is 31.5 Å². The van der Waals surface area contributed by atoms with E-state index in [4.69, 9.17) is 4.42 Å². The van der Waals surface area contributed by atoms with E-state index in [2.05, 4.69) is 12.1 Å². The highest BCUT2D eigenvalue weighted by Gasteiger charge is 2.28. The van der Waals surface area contributed by atoms with Gasteiger partial charge in [0.2, 0.25) is 0 Å². The Morgan fingerprint density at radius 2 is 2.12 bits per heavy atom. The van der Waals surface area contributed by atoms with Gasteiger partial charge in [-0.15, -0.1) is 0 Å². The van der Waals surface area contributed by atoms with E-state index in [1.165, 1.54) is 5.56 Å². The predicted molar refractivity (Wildman–Crippen MR) is 66.6 cm³/mol. The van der Waals surface area contributed by atoms with Crippen LogP contribution in [0.1, 0.15) is 23.8 Å². The number of nitrogens with zero attached hydrogens (tertiary/aromatic N) is 1. The van der Waals surface area contributed by atoms with Crippen molar-refractivity contribution < 1.29 is 4.42 Å². The van der Waals surface area contributed by atoms with Crippen molar-refractivity contribution in [3.05, 3.63) is 59.5 Å². The maximum atomic E-state index is 9.44. The Bertz CT molecular complexity index is 536. The first-order valence-corrected chi connectivity index (χ1v) is 5.65. The molecule has 1 aromatic heterocycles. The smallest absolute Gasteiger partial charge is 0.105 e. The van der Waals surface area contributed by atoms with Crippen LogP contribution in [0.3, 0.4) is 0 Å². The second kappa shape index (κ2) is 4.47.